The summed E-state index contributed by atoms with van der Waals surface area (Å²) in [6.07, 6.45) is 9.09. The van der Waals surface area contributed by atoms with Gasteiger partial charge in [0.05, 0.1) is 26.8 Å². The number of piperidine rings is 1. The van der Waals surface area contributed by atoms with Crippen molar-refractivity contribution < 1.29 is 4.79 Å². The number of amides is 1. The average Bonchev–Trinajstić information content (AvgIpc) is 3.11. The topological polar surface area (TPSA) is 85.9 Å². The van der Waals surface area contributed by atoms with Crippen LogP contribution in [0.15, 0.2) is 41.4 Å². The highest BCUT2D eigenvalue weighted by Crippen LogP contribution is 2.39. The summed E-state index contributed by atoms with van der Waals surface area (Å²) in [5.41, 5.74) is 3.04. The van der Waals surface area contributed by atoms with Crippen molar-refractivity contribution >= 4 is 56.7 Å². The predicted octanol–water partition coefficient (Wildman–Crippen LogP) is 3.58. The van der Waals surface area contributed by atoms with E-state index in [4.69, 9.17) is 0 Å². The van der Waals surface area contributed by atoms with Gasteiger partial charge in [-0.25, -0.2) is 4.98 Å². The van der Waals surface area contributed by atoms with Crippen molar-refractivity contribution in [2.75, 3.05) is 30.4 Å². The van der Waals surface area contributed by atoms with E-state index < -0.39 is 0 Å². The first kappa shape index (κ1) is 20.6. The summed E-state index contributed by atoms with van der Waals surface area (Å²) >= 11 is 3.66. The van der Waals surface area contributed by atoms with E-state index in [0.29, 0.717) is 17.3 Å². The molecule has 0 spiro atoms. The number of likely N-dealkylation sites (N-methyl/N-ethyl adjacent to an activating group) is 1. The lowest BCUT2D eigenvalue weighted by Gasteiger charge is -2.35. The Hall–Kier alpha value is -2.16. The predicted molar refractivity (Wildman–Crippen MR) is 118 cm³/mol. The molecule has 1 amide bonds. The number of carbonyl (C=O) groups excluding carboxylic acids is 1. The van der Waals surface area contributed by atoms with Crippen LogP contribution in [0.1, 0.15) is 23.2 Å². The smallest absolute Gasteiger partial charge is 0.257 e. The number of hydrogen-bond acceptors (Lipinski definition) is 5. The number of aromatic nitrogens is 3. The average molecular weight is 466 g/mol. The molecule has 0 aliphatic carbocycles. The molecule has 0 saturated carbocycles. The van der Waals surface area contributed by atoms with E-state index in [1.165, 1.54) is 0 Å². The number of carbonyl (C=O) groups is 1. The van der Waals surface area contributed by atoms with E-state index >= 15 is 0 Å². The van der Waals surface area contributed by atoms with Crippen LogP contribution in [0.2, 0.25) is 0 Å². The van der Waals surface area contributed by atoms with E-state index in [-0.39, 0.29) is 18.3 Å². The van der Waals surface area contributed by atoms with Gasteiger partial charge in [0.15, 0.2) is 0 Å². The SMILES string of the molecule is CN[C@@H]1CCCN(c2c(Br)cnc3[nH]cc(NC(=O)c4cccnc4)c23)C1.Cl. The third-order valence-corrected chi connectivity index (χ3v) is 5.53. The molecule has 0 unspecified atom stereocenters. The van der Waals surface area contributed by atoms with Gasteiger partial charge in [-0.3, -0.25) is 9.78 Å². The Balaban J connectivity index is 0.00000225. The Bertz CT molecular complexity index is 964. The zero-order valence-corrected chi connectivity index (χ0v) is 17.8. The molecule has 1 fully saturated rings. The van der Waals surface area contributed by atoms with Crippen molar-refractivity contribution in [2.45, 2.75) is 18.9 Å². The molecule has 0 radical (unpaired) electrons. The fourth-order valence-electron chi connectivity index (χ4n) is 3.57. The second kappa shape index (κ2) is 8.89. The summed E-state index contributed by atoms with van der Waals surface area (Å²) in [6.45, 7) is 1.88. The number of fused-ring (bicyclic) bond motifs is 1. The third kappa shape index (κ3) is 3.99. The van der Waals surface area contributed by atoms with Crippen LogP contribution in [0.3, 0.4) is 0 Å². The molecule has 1 aliphatic heterocycles. The number of hydrogen-bond donors (Lipinski definition) is 3. The Morgan fingerprint density at radius 1 is 1.39 bits per heavy atom. The Kier molecular flexibility index (Phi) is 6.53. The maximum atomic E-state index is 12.6. The quantitative estimate of drug-likeness (QED) is 0.548. The summed E-state index contributed by atoms with van der Waals surface area (Å²) in [6, 6.07) is 3.94. The van der Waals surface area contributed by atoms with Crippen LogP contribution >= 0.6 is 28.3 Å². The number of nitrogens with one attached hydrogen (secondary N) is 3. The fraction of sp³-hybridized carbons (Fsp3) is 0.316. The van der Waals surface area contributed by atoms with Crippen molar-refractivity contribution in [1.82, 2.24) is 20.3 Å². The molecule has 4 rings (SSSR count). The summed E-state index contributed by atoms with van der Waals surface area (Å²) in [4.78, 5) is 26.6. The minimum absolute atomic E-state index is 0. The lowest BCUT2D eigenvalue weighted by atomic mass is 10.0. The van der Waals surface area contributed by atoms with Crippen molar-refractivity contribution in [3.8, 4) is 0 Å². The molecule has 28 heavy (non-hydrogen) atoms. The lowest BCUT2D eigenvalue weighted by Crippen LogP contribution is -2.44. The normalized spacial score (nSPS) is 16.6. The number of rotatable bonds is 4. The Morgan fingerprint density at radius 2 is 2.25 bits per heavy atom. The van der Waals surface area contributed by atoms with Crippen LogP contribution in [0.4, 0.5) is 11.4 Å². The van der Waals surface area contributed by atoms with Gasteiger partial charge in [-0.2, -0.15) is 0 Å². The van der Waals surface area contributed by atoms with Gasteiger partial charge >= 0.3 is 0 Å². The summed E-state index contributed by atoms with van der Waals surface area (Å²) in [7, 11) is 2.00. The number of H-pyrrole nitrogens is 1. The van der Waals surface area contributed by atoms with Gasteiger partial charge < -0.3 is 20.5 Å². The first-order valence-electron chi connectivity index (χ1n) is 8.96. The highest BCUT2D eigenvalue weighted by Gasteiger charge is 2.24. The number of nitrogens with zero attached hydrogens (tertiary/aromatic N) is 3. The van der Waals surface area contributed by atoms with E-state index in [2.05, 4.69) is 46.4 Å². The van der Waals surface area contributed by atoms with Gasteiger partial charge in [-0.05, 0) is 48.0 Å². The fourth-order valence-corrected chi connectivity index (χ4v) is 4.12. The van der Waals surface area contributed by atoms with Gasteiger partial charge in [0.25, 0.3) is 5.91 Å². The van der Waals surface area contributed by atoms with Crippen LogP contribution in [0.5, 0.6) is 0 Å². The molecule has 4 heterocycles. The van der Waals surface area contributed by atoms with E-state index in [9.17, 15) is 4.79 Å². The van der Waals surface area contributed by atoms with Crippen LogP contribution < -0.4 is 15.5 Å². The number of anilines is 2. The number of aromatic amines is 1. The highest BCUT2D eigenvalue weighted by molar-refractivity contribution is 9.10. The monoisotopic (exact) mass is 464 g/mol. The summed E-state index contributed by atoms with van der Waals surface area (Å²) in [5, 5.41) is 7.29. The van der Waals surface area contributed by atoms with Crippen LogP contribution in [-0.4, -0.2) is 47.0 Å². The molecule has 148 valence electrons. The molecule has 3 aromatic rings. The maximum Gasteiger partial charge on any atom is 0.257 e. The molecule has 7 nitrogen and oxygen atoms in total. The highest BCUT2D eigenvalue weighted by atomic mass is 79.9. The zero-order valence-electron chi connectivity index (χ0n) is 15.4. The summed E-state index contributed by atoms with van der Waals surface area (Å²) < 4.78 is 0.920. The molecule has 1 atom stereocenters. The molecule has 3 aromatic heterocycles. The summed E-state index contributed by atoms with van der Waals surface area (Å²) in [5.74, 6) is -0.193. The third-order valence-electron chi connectivity index (χ3n) is 4.95. The molecule has 9 heteroatoms. The van der Waals surface area contributed by atoms with Crippen molar-refractivity contribution in [3.05, 3.63) is 47.0 Å². The van der Waals surface area contributed by atoms with Crippen LogP contribution in [0.25, 0.3) is 11.0 Å². The minimum atomic E-state index is -0.193. The Morgan fingerprint density at radius 3 is 3.00 bits per heavy atom. The molecule has 1 aliphatic rings. The molecule has 0 bridgehead atoms. The number of halogens is 2. The van der Waals surface area contributed by atoms with Gasteiger partial charge in [-0.15, -0.1) is 12.4 Å². The largest absolute Gasteiger partial charge is 0.368 e. The zero-order chi connectivity index (χ0) is 18.8. The molecule has 0 aromatic carbocycles. The molecular formula is C19H22BrClN6O. The lowest BCUT2D eigenvalue weighted by molar-refractivity contribution is 0.102. The van der Waals surface area contributed by atoms with E-state index in [1.54, 1.807) is 30.7 Å². The van der Waals surface area contributed by atoms with Gasteiger partial charge in [0.1, 0.15) is 5.65 Å². The maximum absolute atomic E-state index is 12.6. The van der Waals surface area contributed by atoms with Crippen molar-refractivity contribution in [1.29, 1.82) is 0 Å². The van der Waals surface area contributed by atoms with Crippen molar-refractivity contribution in [3.63, 3.8) is 0 Å². The van der Waals surface area contributed by atoms with Gasteiger partial charge in [0.2, 0.25) is 0 Å². The van der Waals surface area contributed by atoms with Crippen molar-refractivity contribution in [2.24, 2.45) is 0 Å². The number of pyridine rings is 2. The first-order chi connectivity index (χ1) is 13.2. The second-order valence-electron chi connectivity index (χ2n) is 6.65. The molecule has 1 saturated heterocycles. The molecular weight excluding hydrogens is 444 g/mol. The Labute approximate surface area is 177 Å². The van der Waals surface area contributed by atoms with E-state index in [0.717, 1.165) is 47.1 Å². The van der Waals surface area contributed by atoms with Gasteiger partial charge in [-0.1, -0.05) is 0 Å². The van der Waals surface area contributed by atoms with Crippen LogP contribution in [-0.2, 0) is 0 Å². The first-order valence-corrected chi connectivity index (χ1v) is 9.76. The van der Waals surface area contributed by atoms with Crippen LogP contribution in [0, 0.1) is 0 Å². The van der Waals surface area contributed by atoms with Gasteiger partial charge in [0, 0.05) is 43.9 Å². The standard InChI is InChI=1S/C19H21BrN6O.ClH/c1-21-13-5-3-7-26(11-13)17-14(20)9-23-18-16(17)15(10-24-18)25-19(27)12-4-2-6-22-8-12;/h2,4,6,8-10,13,21H,3,5,7,11H2,1H3,(H,23,24)(H,25,27);1H/t13-;/m1./s1. The minimum Gasteiger partial charge on any atom is -0.368 e. The second-order valence-corrected chi connectivity index (χ2v) is 7.50. The molecule has 3 N–H and O–H groups in total. The van der Waals surface area contributed by atoms with E-state index in [1.807, 2.05) is 13.2 Å².